The van der Waals surface area contributed by atoms with Crippen LogP contribution in [-0.4, -0.2) is 16.1 Å². The molecule has 3 nitrogen and oxygen atoms in total. The highest BCUT2D eigenvalue weighted by Gasteiger charge is 2.09. The van der Waals surface area contributed by atoms with Crippen molar-refractivity contribution in [3.8, 4) is 0 Å². The maximum absolute atomic E-state index is 5.99. The summed E-state index contributed by atoms with van der Waals surface area (Å²) in [4.78, 5) is 4.65. The second-order valence-electron chi connectivity index (χ2n) is 4.94. The number of rotatable bonds is 5. The van der Waals surface area contributed by atoms with Crippen LogP contribution in [0.4, 0.5) is 0 Å². The molecule has 0 radical (unpaired) electrons. The number of nitrogens with zero attached hydrogens (tertiary/aromatic N) is 2. The quantitative estimate of drug-likeness (QED) is 0.903. The Bertz CT molecular complexity index is 533. The topological polar surface area (TPSA) is 43.8 Å². The predicted octanol–water partition coefficient (Wildman–Crippen LogP) is 3.14. The molecule has 0 saturated carbocycles. The second-order valence-corrected chi connectivity index (χ2v) is 5.38. The number of fused-ring (bicyclic) bond motifs is 1. The van der Waals surface area contributed by atoms with Gasteiger partial charge in [-0.1, -0.05) is 18.5 Å². The van der Waals surface area contributed by atoms with Gasteiger partial charge in [-0.05, 0) is 43.5 Å². The van der Waals surface area contributed by atoms with Crippen LogP contribution in [0.1, 0.15) is 25.6 Å². The van der Waals surface area contributed by atoms with Crippen LogP contribution in [0.25, 0.3) is 11.0 Å². The Morgan fingerprint density at radius 1 is 1.39 bits per heavy atom. The fraction of sp³-hybridized carbons (Fsp3) is 0.500. The molecule has 2 N–H and O–H groups in total. The lowest BCUT2D eigenvalue weighted by Crippen LogP contribution is -2.08. The van der Waals surface area contributed by atoms with E-state index in [-0.39, 0.29) is 0 Å². The van der Waals surface area contributed by atoms with Gasteiger partial charge in [0.1, 0.15) is 5.82 Å². The molecule has 0 aliphatic heterocycles. The predicted molar refractivity (Wildman–Crippen MR) is 76.9 cm³/mol. The fourth-order valence-electron chi connectivity index (χ4n) is 2.25. The van der Waals surface area contributed by atoms with Crippen molar-refractivity contribution in [1.29, 1.82) is 0 Å². The molecule has 2 rings (SSSR count). The van der Waals surface area contributed by atoms with E-state index in [9.17, 15) is 0 Å². The average molecular weight is 266 g/mol. The summed E-state index contributed by atoms with van der Waals surface area (Å²) in [5, 5.41) is 0.739. The van der Waals surface area contributed by atoms with Gasteiger partial charge in [0.2, 0.25) is 0 Å². The monoisotopic (exact) mass is 265 g/mol. The summed E-state index contributed by atoms with van der Waals surface area (Å²) in [6, 6.07) is 5.85. The molecule has 18 heavy (non-hydrogen) atoms. The van der Waals surface area contributed by atoms with Gasteiger partial charge in [-0.25, -0.2) is 4.98 Å². The third-order valence-corrected chi connectivity index (χ3v) is 3.69. The Labute approximate surface area is 113 Å². The first kappa shape index (κ1) is 13.4. The molecule has 2 aromatic rings. The van der Waals surface area contributed by atoms with Gasteiger partial charge >= 0.3 is 0 Å². The van der Waals surface area contributed by atoms with Crippen LogP contribution in [0, 0.1) is 5.92 Å². The van der Waals surface area contributed by atoms with E-state index in [0.29, 0.717) is 5.92 Å². The van der Waals surface area contributed by atoms with Crippen molar-refractivity contribution in [2.75, 3.05) is 6.54 Å². The third-order valence-electron chi connectivity index (χ3n) is 3.46. The van der Waals surface area contributed by atoms with E-state index in [1.165, 1.54) is 0 Å². The zero-order valence-corrected chi connectivity index (χ0v) is 11.7. The fourth-order valence-corrected chi connectivity index (χ4v) is 2.42. The van der Waals surface area contributed by atoms with Gasteiger partial charge in [-0.2, -0.15) is 0 Å². The Hall–Kier alpha value is -1.06. The molecule has 0 spiro atoms. The van der Waals surface area contributed by atoms with Gasteiger partial charge < -0.3 is 10.3 Å². The lowest BCUT2D eigenvalue weighted by atomic mass is 10.0. The van der Waals surface area contributed by atoms with Crippen LogP contribution < -0.4 is 5.73 Å². The van der Waals surface area contributed by atoms with Crippen molar-refractivity contribution in [3.05, 3.63) is 29.0 Å². The first-order chi connectivity index (χ1) is 8.61. The van der Waals surface area contributed by atoms with Gasteiger partial charge in [-0.15, -0.1) is 0 Å². The van der Waals surface area contributed by atoms with Crippen LogP contribution in [0.15, 0.2) is 18.2 Å². The SMILES string of the molecule is CC(CCN)CCc1nc2cc(Cl)ccc2n1C. The van der Waals surface area contributed by atoms with Crippen molar-refractivity contribution in [2.45, 2.75) is 26.2 Å². The highest BCUT2D eigenvalue weighted by molar-refractivity contribution is 6.31. The highest BCUT2D eigenvalue weighted by Crippen LogP contribution is 2.21. The zero-order valence-electron chi connectivity index (χ0n) is 11.0. The van der Waals surface area contributed by atoms with E-state index in [1.807, 2.05) is 18.2 Å². The number of benzene rings is 1. The highest BCUT2D eigenvalue weighted by atomic mass is 35.5. The first-order valence-electron chi connectivity index (χ1n) is 6.42. The Morgan fingerprint density at radius 3 is 2.89 bits per heavy atom. The number of nitrogens with two attached hydrogens (primary N) is 1. The van der Waals surface area contributed by atoms with E-state index in [2.05, 4.69) is 23.5 Å². The molecule has 98 valence electrons. The third kappa shape index (κ3) is 2.85. The van der Waals surface area contributed by atoms with Crippen molar-refractivity contribution < 1.29 is 0 Å². The van der Waals surface area contributed by atoms with Crippen LogP contribution in [0.3, 0.4) is 0 Å². The van der Waals surface area contributed by atoms with E-state index in [0.717, 1.165) is 47.7 Å². The molecule has 1 heterocycles. The van der Waals surface area contributed by atoms with E-state index < -0.39 is 0 Å². The Morgan fingerprint density at radius 2 is 2.17 bits per heavy atom. The molecule has 0 saturated heterocycles. The summed E-state index contributed by atoms with van der Waals surface area (Å²) >= 11 is 5.99. The molecular formula is C14H20ClN3. The standard InChI is InChI=1S/C14H20ClN3/c1-10(7-8-16)3-6-14-17-12-9-11(15)4-5-13(12)18(14)2/h4-5,9-10H,3,6-8,16H2,1-2H3. The average Bonchev–Trinajstić information content (AvgIpc) is 2.63. The van der Waals surface area contributed by atoms with E-state index in [1.54, 1.807) is 0 Å². The second kappa shape index (κ2) is 5.72. The van der Waals surface area contributed by atoms with Crippen molar-refractivity contribution in [1.82, 2.24) is 9.55 Å². The molecule has 0 aliphatic rings. The van der Waals surface area contributed by atoms with Crippen LogP contribution in [0.5, 0.6) is 0 Å². The lowest BCUT2D eigenvalue weighted by molar-refractivity contribution is 0.490. The van der Waals surface area contributed by atoms with Crippen molar-refractivity contribution in [2.24, 2.45) is 18.7 Å². The number of aryl methyl sites for hydroxylation is 2. The van der Waals surface area contributed by atoms with E-state index in [4.69, 9.17) is 17.3 Å². The van der Waals surface area contributed by atoms with Gasteiger partial charge in [0.25, 0.3) is 0 Å². The first-order valence-corrected chi connectivity index (χ1v) is 6.80. The smallest absolute Gasteiger partial charge is 0.109 e. The minimum atomic E-state index is 0.651. The number of hydrogen-bond acceptors (Lipinski definition) is 2. The largest absolute Gasteiger partial charge is 0.331 e. The molecule has 1 unspecified atom stereocenters. The summed E-state index contributed by atoms with van der Waals surface area (Å²) in [5.74, 6) is 1.77. The summed E-state index contributed by atoms with van der Waals surface area (Å²) in [6.45, 7) is 3.01. The van der Waals surface area contributed by atoms with Crippen LogP contribution >= 0.6 is 11.6 Å². The molecule has 0 fully saturated rings. The molecule has 1 aromatic heterocycles. The van der Waals surface area contributed by atoms with Crippen molar-refractivity contribution >= 4 is 22.6 Å². The molecule has 0 bridgehead atoms. The van der Waals surface area contributed by atoms with Gasteiger partial charge in [0.05, 0.1) is 11.0 Å². The van der Waals surface area contributed by atoms with Gasteiger partial charge in [0, 0.05) is 18.5 Å². The van der Waals surface area contributed by atoms with Crippen LogP contribution in [-0.2, 0) is 13.5 Å². The zero-order chi connectivity index (χ0) is 13.1. The van der Waals surface area contributed by atoms with Crippen molar-refractivity contribution in [3.63, 3.8) is 0 Å². The Kier molecular flexibility index (Phi) is 4.25. The number of halogens is 1. The number of imidazole rings is 1. The molecule has 0 aliphatic carbocycles. The molecule has 1 aromatic carbocycles. The van der Waals surface area contributed by atoms with Crippen LogP contribution in [0.2, 0.25) is 5.02 Å². The summed E-state index contributed by atoms with van der Waals surface area (Å²) < 4.78 is 2.15. The molecule has 1 atom stereocenters. The normalized spacial score (nSPS) is 13.1. The summed E-state index contributed by atoms with van der Waals surface area (Å²) in [5.41, 5.74) is 7.69. The number of hydrogen-bond donors (Lipinski definition) is 1. The molecule has 0 amide bonds. The number of aromatic nitrogens is 2. The molecular weight excluding hydrogens is 246 g/mol. The summed E-state index contributed by atoms with van der Waals surface area (Å²) in [6.07, 6.45) is 3.20. The Balaban J connectivity index is 2.16. The minimum absolute atomic E-state index is 0.651. The minimum Gasteiger partial charge on any atom is -0.331 e. The van der Waals surface area contributed by atoms with E-state index >= 15 is 0 Å². The van der Waals surface area contributed by atoms with Gasteiger partial charge in [0.15, 0.2) is 0 Å². The van der Waals surface area contributed by atoms with Gasteiger partial charge in [-0.3, -0.25) is 0 Å². The maximum Gasteiger partial charge on any atom is 0.109 e. The maximum atomic E-state index is 5.99. The molecule has 4 heteroatoms. The summed E-state index contributed by atoms with van der Waals surface area (Å²) in [7, 11) is 2.06. The lowest BCUT2D eigenvalue weighted by Gasteiger charge is -2.09.